The van der Waals surface area contributed by atoms with Gasteiger partial charge in [-0.2, -0.15) is 11.3 Å². The zero-order valence-electron chi connectivity index (χ0n) is 5.55. The lowest BCUT2D eigenvalue weighted by Gasteiger charge is -1.87. The van der Waals surface area contributed by atoms with Crippen molar-refractivity contribution in [2.24, 2.45) is 0 Å². The number of aryl methyl sites for hydroxylation is 1. The largest absolute Gasteiger partial charge is 0.157 e. The van der Waals surface area contributed by atoms with E-state index in [4.69, 9.17) is 7.85 Å². The first kappa shape index (κ1) is 6.88. The molecule has 1 rings (SSSR count). The van der Waals surface area contributed by atoms with E-state index in [0.717, 1.165) is 4.78 Å². The molecule has 1 aromatic rings. The number of thiophene rings is 1. The van der Waals surface area contributed by atoms with Crippen molar-refractivity contribution in [1.82, 2.24) is 0 Å². The van der Waals surface area contributed by atoms with Gasteiger partial charge in [0.15, 0.2) is 0 Å². The Morgan fingerprint density at radius 2 is 2.33 bits per heavy atom. The number of rotatable bonds is 2. The Bertz CT molecular complexity index is 181. The van der Waals surface area contributed by atoms with Crippen molar-refractivity contribution >= 4 is 24.0 Å². The standard InChI is InChI=1S/C7H9BS/c1-2-3-6-4-5-7(8)9-6/h4-5H,2-3H2,1H3. The van der Waals surface area contributed by atoms with Gasteiger partial charge in [-0.3, -0.25) is 0 Å². The zero-order valence-corrected chi connectivity index (χ0v) is 6.37. The average molecular weight is 136 g/mol. The summed E-state index contributed by atoms with van der Waals surface area (Å²) in [5.74, 6) is 0. The van der Waals surface area contributed by atoms with Crippen molar-refractivity contribution < 1.29 is 0 Å². The van der Waals surface area contributed by atoms with Crippen LogP contribution in [0.2, 0.25) is 0 Å². The molecule has 1 aromatic heterocycles. The lowest BCUT2D eigenvalue weighted by atomic mass is 10.1. The fraction of sp³-hybridized carbons (Fsp3) is 0.429. The van der Waals surface area contributed by atoms with Crippen LogP contribution in [-0.2, 0) is 6.42 Å². The van der Waals surface area contributed by atoms with E-state index in [1.165, 1.54) is 17.7 Å². The lowest BCUT2D eigenvalue weighted by molar-refractivity contribution is 0.940. The van der Waals surface area contributed by atoms with E-state index >= 15 is 0 Å². The van der Waals surface area contributed by atoms with Crippen molar-refractivity contribution in [1.29, 1.82) is 0 Å². The highest BCUT2D eigenvalue weighted by Gasteiger charge is 1.92. The van der Waals surface area contributed by atoms with Gasteiger partial charge < -0.3 is 0 Å². The van der Waals surface area contributed by atoms with Gasteiger partial charge in [-0.1, -0.05) is 19.4 Å². The first-order valence-electron chi connectivity index (χ1n) is 3.17. The van der Waals surface area contributed by atoms with Gasteiger partial charge in [0.25, 0.3) is 0 Å². The molecule has 0 spiro atoms. The van der Waals surface area contributed by atoms with Crippen molar-refractivity contribution in [2.45, 2.75) is 19.8 Å². The Morgan fingerprint density at radius 3 is 2.78 bits per heavy atom. The summed E-state index contributed by atoms with van der Waals surface area (Å²) in [5, 5.41) is 0. The quantitative estimate of drug-likeness (QED) is 0.540. The Labute approximate surface area is 61.3 Å². The maximum Gasteiger partial charge on any atom is 0.128 e. The van der Waals surface area contributed by atoms with E-state index in [0.29, 0.717) is 0 Å². The SMILES string of the molecule is [B]c1ccc(CCC)s1. The highest BCUT2D eigenvalue weighted by molar-refractivity contribution is 7.20. The minimum absolute atomic E-state index is 0.929. The molecular weight excluding hydrogens is 127 g/mol. The van der Waals surface area contributed by atoms with E-state index in [1.807, 2.05) is 6.07 Å². The molecule has 0 amide bonds. The molecule has 2 radical (unpaired) electrons. The fourth-order valence-corrected chi connectivity index (χ4v) is 1.66. The molecule has 1 heterocycles. The summed E-state index contributed by atoms with van der Waals surface area (Å²) in [6.07, 6.45) is 2.38. The Balaban J connectivity index is 2.61. The molecule has 2 heteroatoms. The molecule has 0 saturated heterocycles. The molecular formula is C7H9BS. The van der Waals surface area contributed by atoms with Crippen molar-refractivity contribution in [3.63, 3.8) is 0 Å². The summed E-state index contributed by atoms with van der Waals surface area (Å²) < 4.78 is 0.929. The third kappa shape index (κ3) is 1.86. The summed E-state index contributed by atoms with van der Waals surface area (Å²) in [6, 6.07) is 4.07. The molecule has 0 aliphatic carbocycles. The molecule has 9 heavy (non-hydrogen) atoms. The highest BCUT2D eigenvalue weighted by Crippen LogP contribution is 2.07. The van der Waals surface area contributed by atoms with Crippen LogP contribution in [-0.4, -0.2) is 7.85 Å². The normalized spacial score (nSPS) is 9.89. The first-order valence-corrected chi connectivity index (χ1v) is 3.98. The number of hydrogen-bond acceptors (Lipinski definition) is 1. The molecule has 0 aliphatic heterocycles. The second kappa shape index (κ2) is 3.07. The average Bonchev–Trinajstić information content (AvgIpc) is 2.17. The minimum Gasteiger partial charge on any atom is -0.157 e. The van der Waals surface area contributed by atoms with Gasteiger partial charge in [0.05, 0.1) is 0 Å². The van der Waals surface area contributed by atoms with Crippen LogP contribution in [0.25, 0.3) is 0 Å². The van der Waals surface area contributed by atoms with Crippen LogP contribution >= 0.6 is 11.3 Å². The molecule has 0 aliphatic rings. The molecule has 46 valence electrons. The van der Waals surface area contributed by atoms with Gasteiger partial charge in [-0.25, -0.2) is 0 Å². The Hall–Kier alpha value is -0.235. The predicted molar refractivity (Wildman–Crippen MR) is 43.7 cm³/mol. The topological polar surface area (TPSA) is 0 Å². The van der Waals surface area contributed by atoms with Crippen molar-refractivity contribution in [3.8, 4) is 0 Å². The van der Waals surface area contributed by atoms with Crippen molar-refractivity contribution in [2.75, 3.05) is 0 Å². The van der Waals surface area contributed by atoms with Gasteiger partial charge >= 0.3 is 0 Å². The molecule has 0 nitrogen and oxygen atoms in total. The summed E-state index contributed by atoms with van der Waals surface area (Å²) >= 11 is 1.69. The molecule has 0 saturated carbocycles. The lowest BCUT2D eigenvalue weighted by Crippen LogP contribution is -1.89. The monoisotopic (exact) mass is 136 g/mol. The summed E-state index contributed by atoms with van der Waals surface area (Å²) in [6.45, 7) is 2.18. The summed E-state index contributed by atoms with van der Waals surface area (Å²) in [4.78, 5) is 1.40. The molecule has 0 N–H and O–H groups in total. The zero-order chi connectivity index (χ0) is 6.69. The van der Waals surface area contributed by atoms with Crippen molar-refractivity contribution in [3.05, 3.63) is 17.0 Å². The first-order chi connectivity index (χ1) is 4.33. The van der Waals surface area contributed by atoms with E-state index in [9.17, 15) is 0 Å². The molecule has 0 unspecified atom stereocenters. The van der Waals surface area contributed by atoms with Crippen LogP contribution in [0.5, 0.6) is 0 Å². The van der Waals surface area contributed by atoms with E-state index in [1.54, 1.807) is 11.3 Å². The van der Waals surface area contributed by atoms with Crippen LogP contribution in [0.15, 0.2) is 12.1 Å². The molecule has 0 fully saturated rings. The number of hydrogen-bond donors (Lipinski definition) is 0. The Morgan fingerprint density at radius 1 is 1.56 bits per heavy atom. The highest BCUT2D eigenvalue weighted by atomic mass is 32.1. The van der Waals surface area contributed by atoms with Gasteiger partial charge in [-0.15, -0.1) is 0 Å². The van der Waals surface area contributed by atoms with E-state index in [-0.39, 0.29) is 0 Å². The van der Waals surface area contributed by atoms with Gasteiger partial charge in [0, 0.05) is 4.88 Å². The van der Waals surface area contributed by atoms with Crippen LogP contribution in [0.3, 0.4) is 0 Å². The third-order valence-electron chi connectivity index (χ3n) is 1.18. The maximum absolute atomic E-state index is 5.53. The van der Waals surface area contributed by atoms with E-state index < -0.39 is 0 Å². The maximum atomic E-state index is 5.53. The van der Waals surface area contributed by atoms with E-state index in [2.05, 4.69) is 13.0 Å². The third-order valence-corrected chi connectivity index (χ3v) is 2.15. The van der Waals surface area contributed by atoms with Crippen LogP contribution in [0.4, 0.5) is 0 Å². The van der Waals surface area contributed by atoms with Gasteiger partial charge in [-0.05, 0) is 17.3 Å². The minimum atomic E-state index is 0.929. The Kier molecular flexibility index (Phi) is 2.34. The van der Waals surface area contributed by atoms with Crippen LogP contribution in [0.1, 0.15) is 18.2 Å². The second-order valence-electron chi connectivity index (χ2n) is 2.05. The fourth-order valence-electron chi connectivity index (χ4n) is 0.775. The molecule has 0 bridgehead atoms. The molecule has 0 atom stereocenters. The van der Waals surface area contributed by atoms with Gasteiger partial charge in [0.1, 0.15) is 7.85 Å². The summed E-state index contributed by atoms with van der Waals surface area (Å²) in [5.41, 5.74) is 0. The molecule has 0 aromatic carbocycles. The van der Waals surface area contributed by atoms with Crippen LogP contribution in [0, 0.1) is 0 Å². The smallest absolute Gasteiger partial charge is 0.128 e. The van der Waals surface area contributed by atoms with Gasteiger partial charge in [0.2, 0.25) is 0 Å². The summed E-state index contributed by atoms with van der Waals surface area (Å²) in [7, 11) is 5.53. The van der Waals surface area contributed by atoms with Crippen LogP contribution < -0.4 is 4.78 Å². The predicted octanol–water partition coefficient (Wildman–Crippen LogP) is 1.49. The second-order valence-corrected chi connectivity index (χ2v) is 3.25.